The smallest absolute Gasteiger partial charge is 0.387 e. The number of benzene rings is 2. The summed E-state index contributed by atoms with van der Waals surface area (Å²) in [5.74, 6) is -0.550. The van der Waals surface area contributed by atoms with Gasteiger partial charge in [-0.05, 0) is 23.8 Å². The molecule has 7 heteroatoms. The molecule has 2 aromatic rings. The van der Waals surface area contributed by atoms with Crippen LogP contribution < -0.4 is 4.74 Å². The summed E-state index contributed by atoms with van der Waals surface area (Å²) in [6.45, 7) is -2.97. The van der Waals surface area contributed by atoms with E-state index < -0.39 is 17.3 Å². The summed E-state index contributed by atoms with van der Waals surface area (Å²) in [5.41, 5.74) is 0.560. The summed E-state index contributed by atoms with van der Waals surface area (Å²) in [6.07, 6.45) is 2.62. The van der Waals surface area contributed by atoms with Crippen LogP contribution in [0.3, 0.4) is 0 Å². The number of ether oxygens (including phenoxy) is 1. The number of nitro benzene ring substituents is 1. The quantitative estimate of drug-likeness (QED) is 0.348. The Bertz CT molecular complexity index is 759. The van der Waals surface area contributed by atoms with E-state index in [0.717, 1.165) is 0 Å². The second-order valence-electron chi connectivity index (χ2n) is 4.46. The van der Waals surface area contributed by atoms with Gasteiger partial charge in [0.25, 0.3) is 5.69 Å². The first-order valence-electron chi connectivity index (χ1n) is 6.47. The molecule has 0 saturated heterocycles. The van der Waals surface area contributed by atoms with Gasteiger partial charge >= 0.3 is 6.61 Å². The van der Waals surface area contributed by atoms with Crippen molar-refractivity contribution >= 4 is 17.5 Å². The van der Waals surface area contributed by atoms with Crippen LogP contribution >= 0.6 is 0 Å². The lowest BCUT2D eigenvalue weighted by atomic mass is 10.1. The maximum Gasteiger partial charge on any atom is 0.387 e. The summed E-state index contributed by atoms with van der Waals surface area (Å²) >= 11 is 0. The van der Waals surface area contributed by atoms with E-state index in [0.29, 0.717) is 5.56 Å². The molecule has 118 valence electrons. The van der Waals surface area contributed by atoms with Crippen LogP contribution in [0.5, 0.6) is 5.75 Å². The van der Waals surface area contributed by atoms with Gasteiger partial charge in [-0.3, -0.25) is 14.9 Å². The number of carbonyl (C=O) groups excluding carboxylic acids is 1. The molecule has 5 nitrogen and oxygen atoms in total. The fourth-order valence-corrected chi connectivity index (χ4v) is 1.84. The Morgan fingerprint density at radius 2 is 1.91 bits per heavy atom. The van der Waals surface area contributed by atoms with Crippen LogP contribution in [0.25, 0.3) is 6.08 Å². The minimum atomic E-state index is -2.97. The average molecular weight is 319 g/mol. The number of ketones is 1. The van der Waals surface area contributed by atoms with Crippen molar-refractivity contribution in [2.75, 3.05) is 0 Å². The molecule has 0 aliphatic rings. The summed E-state index contributed by atoms with van der Waals surface area (Å²) in [7, 11) is 0. The van der Waals surface area contributed by atoms with Crippen molar-refractivity contribution < 1.29 is 23.2 Å². The van der Waals surface area contributed by atoms with E-state index in [1.165, 1.54) is 54.6 Å². The number of nitro groups is 1. The Hall–Kier alpha value is -3.09. The van der Waals surface area contributed by atoms with Crippen LogP contribution in [0.15, 0.2) is 54.6 Å². The topological polar surface area (TPSA) is 69.4 Å². The van der Waals surface area contributed by atoms with E-state index in [4.69, 9.17) is 0 Å². The van der Waals surface area contributed by atoms with Gasteiger partial charge in [-0.2, -0.15) is 8.78 Å². The largest absolute Gasteiger partial charge is 0.435 e. The Morgan fingerprint density at radius 1 is 1.17 bits per heavy atom. The molecule has 2 rings (SSSR count). The molecular formula is C16H11F2NO4. The van der Waals surface area contributed by atoms with E-state index >= 15 is 0 Å². The van der Waals surface area contributed by atoms with Crippen molar-refractivity contribution in [1.29, 1.82) is 0 Å². The van der Waals surface area contributed by atoms with Gasteiger partial charge < -0.3 is 4.74 Å². The van der Waals surface area contributed by atoms with Gasteiger partial charge in [-0.15, -0.1) is 0 Å². The van der Waals surface area contributed by atoms with Crippen LogP contribution in [0.4, 0.5) is 14.5 Å². The van der Waals surface area contributed by atoms with Crippen LogP contribution in [0.2, 0.25) is 0 Å². The third-order valence-electron chi connectivity index (χ3n) is 2.85. The molecular weight excluding hydrogens is 308 g/mol. The molecule has 0 unspecified atom stereocenters. The van der Waals surface area contributed by atoms with Gasteiger partial charge in [0.1, 0.15) is 5.75 Å². The summed E-state index contributed by atoms with van der Waals surface area (Å²) in [4.78, 5) is 22.2. The van der Waals surface area contributed by atoms with Crippen molar-refractivity contribution in [2.24, 2.45) is 0 Å². The first-order chi connectivity index (χ1) is 11.0. The van der Waals surface area contributed by atoms with E-state index in [2.05, 4.69) is 4.74 Å². The van der Waals surface area contributed by atoms with Gasteiger partial charge in [-0.25, -0.2) is 0 Å². The van der Waals surface area contributed by atoms with Gasteiger partial charge in [0.15, 0.2) is 5.78 Å². The van der Waals surface area contributed by atoms with Crippen LogP contribution in [0, 0.1) is 10.1 Å². The lowest BCUT2D eigenvalue weighted by Gasteiger charge is -2.04. The predicted octanol–water partition coefficient (Wildman–Crippen LogP) is 4.09. The van der Waals surface area contributed by atoms with Crippen molar-refractivity contribution in [3.63, 3.8) is 0 Å². The zero-order chi connectivity index (χ0) is 16.8. The van der Waals surface area contributed by atoms with Crippen LogP contribution in [0.1, 0.15) is 15.9 Å². The number of hydrogen-bond acceptors (Lipinski definition) is 4. The Morgan fingerprint density at radius 3 is 2.61 bits per heavy atom. The second-order valence-corrected chi connectivity index (χ2v) is 4.46. The Balaban J connectivity index is 2.15. The van der Waals surface area contributed by atoms with Gasteiger partial charge in [-0.1, -0.05) is 30.3 Å². The van der Waals surface area contributed by atoms with Gasteiger partial charge in [0, 0.05) is 17.7 Å². The lowest BCUT2D eigenvalue weighted by Crippen LogP contribution is -2.03. The normalized spacial score (nSPS) is 10.9. The molecule has 0 radical (unpaired) electrons. The summed E-state index contributed by atoms with van der Waals surface area (Å²) in [6, 6.07) is 11.2. The standard InChI is InChI=1S/C16H11F2NO4/c17-16(18)23-14-6-2-4-12(10-14)15(20)8-7-11-3-1-5-13(9-11)19(21)22/h1-10,16H/b8-7+. The summed E-state index contributed by atoms with van der Waals surface area (Å²) < 4.78 is 28.5. The number of non-ortho nitro benzene ring substituents is 1. The van der Waals surface area contributed by atoms with Crippen molar-refractivity contribution in [2.45, 2.75) is 6.61 Å². The molecule has 0 spiro atoms. The molecule has 0 N–H and O–H groups in total. The second kappa shape index (κ2) is 7.26. The molecule has 0 bridgehead atoms. The highest BCUT2D eigenvalue weighted by atomic mass is 19.3. The minimum Gasteiger partial charge on any atom is -0.435 e. The molecule has 0 heterocycles. The molecule has 2 aromatic carbocycles. The maximum absolute atomic E-state index is 12.1. The molecule has 0 aromatic heterocycles. The van der Waals surface area contributed by atoms with Gasteiger partial charge in [0.05, 0.1) is 4.92 Å². The zero-order valence-electron chi connectivity index (χ0n) is 11.7. The summed E-state index contributed by atoms with van der Waals surface area (Å²) in [5, 5.41) is 10.7. The van der Waals surface area contributed by atoms with Crippen molar-refractivity contribution in [3.05, 3.63) is 75.8 Å². The van der Waals surface area contributed by atoms with E-state index in [1.54, 1.807) is 6.07 Å². The number of hydrogen-bond donors (Lipinski definition) is 0. The highest BCUT2D eigenvalue weighted by Gasteiger charge is 2.08. The first-order valence-corrected chi connectivity index (χ1v) is 6.47. The number of carbonyl (C=O) groups is 1. The SMILES string of the molecule is O=C(/C=C/c1cccc([N+](=O)[O-])c1)c1cccc(OC(F)F)c1. The third-order valence-corrected chi connectivity index (χ3v) is 2.85. The lowest BCUT2D eigenvalue weighted by molar-refractivity contribution is -0.384. The highest BCUT2D eigenvalue weighted by molar-refractivity contribution is 6.07. The number of nitrogens with zero attached hydrogens (tertiary/aromatic N) is 1. The number of rotatable bonds is 6. The van der Waals surface area contributed by atoms with E-state index in [1.807, 2.05) is 0 Å². The molecule has 0 atom stereocenters. The van der Waals surface area contributed by atoms with Crippen LogP contribution in [-0.4, -0.2) is 17.3 Å². The molecule has 0 amide bonds. The third kappa shape index (κ3) is 4.70. The van der Waals surface area contributed by atoms with Gasteiger partial charge in [0.2, 0.25) is 0 Å². The fourth-order valence-electron chi connectivity index (χ4n) is 1.84. The predicted molar refractivity (Wildman–Crippen MR) is 79.5 cm³/mol. The van der Waals surface area contributed by atoms with Crippen molar-refractivity contribution in [1.82, 2.24) is 0 Å². The molecule has 0 aliphatic heterocycles. The number of halogens is 2. The molecule has 0 aliphatic carbocycles. The molecule has 23 heavy (non-hydrogen) atoms. The minimum absolute atomic E-state index is 0.0908. The first kappa shape index (κ1) is 16.3. The fraction of sp³-hybridized carbons (Fsp3) is 0.0625. The van der Waals surface area contributed by atoms with E-state index in [-0.39, 0.29) is 17.0 Å². The van der Waals surface area contributed by atoms with E-state index in [9.17, 15) is 23.7 Å². The number of allylic oxidation sites excluding steroid dienone is 1. The molecule has 0 saturated carbocycles. The van der Waals surface area contributed by atoms with Crippen molar-refractivity contribution in [3.8, 4) is 5.75 Å². The Labute approximate surface area is 130 Å². The maximum atomic E-state index is 12.1. The van der Waals surface area contributed by atoms with Crippen LogP contribution in [-0.2, 0) is 0 Å². The monoisotopic (exact) mass is 319 g/mol. The Kier molecular flexibility index (Phi) is 5.14. The highest BCUT2D eigenvalue weighted by Crippen LogP contribution is 2.18. The average Bonchev–Trinajstić information content (AvgIpc) is 2.52. The number of alkyl halides is 2. The molecule has 0 fully saturated rings. The zero-order valence-corrected chi connectivity index (χ0v) is 11.7.